The third-order valence-corrected chi connectivity index (χ3v) is 1.63. The van der Waals surface area contributed by atoms with Gasteiger partial charge in [-0.2, -0.15) is 0 Å². The molecular weight excluding hydrogens is 124 g/mol. The Morgan fingerprint density at radius 1 is 1.50 bits per heavy atom. The standard InChI is InChI=1S/C8H14N2/c1-4-5-7-8(6-9-7)10(2)3/h4-5,9H,6H2,1-3H3/b5-4-. The molecule has 0 saturated carbocycles. The minimum Gasteiger partial charge on any atom is -0.378 e. The maximum atomic E-state index is 3.23. The Hall–Kier alpha value is -0.920. The third kappa shape index (κ3) is 1.15. The van der Waals surface area contributed by atoms with Crippen LogP contribution in [0.5, 0.6) is 0 Å². The van der Waals surface area contributed by atoms with E-state index in [0.29, 0.717) is 0 Å². The highest BCUT2D eigenvalue weighted by Crippen LogP contribution is 2.13. The van der Waals surface area contributed by atoms with Crippen molar-refractivity contribution in [1.29, 1.82) is 0 Å². The van der Waals surface area contributed by atoms with Gasteiger partial charge in [-0.3, -0.25) is 0 Å². The van der Waals surface area contributed by atoms with E-state index in [2.05, 4.69) is 30.4 Å². The van der Waals surface area contributed by atoms with E-state index in [4.69, 9.17) is 0 Å². The zero-order valence-corrected chi connectivity index (χ0v) is 6.81. The van der Waals surface area contributed by atoms with E-state index >= 15 is 0 Å². The molecule has 1 aliphatic heterocycles. The van der Waals surface area contributed by atoms with Gasteiger partial charge in [-0.05, 0) is 13.0 Å². The van der Waals surface area contributed by atoms with Gasteiger partial charge in [0, 0.05) is 14.1 Å². The van der Waals surface area contributed by atoms with Gasteiger partial charge >= 0.3 is 0 Å². The van der Waals surface area contributed by atoms with Crippen LogP contribution in [0.4, 0.5) is 0 Å². The molecule has 0 bridgehead atoms. The average Bonchev–Trinajstić information content (AvgIpc) is 1.78. The molecule has 0 aliphatic carbocycles. The molecule has 2 nitrogen and oxygen atoms in total. The summed E-state index contributed by atoms with van der Waals surface area (Å²) in [5.41, 5.74) is 2.64. The fourth-order valence-corrected chi connectivity index (χ4v) is 0.990. The molecule has 1 aliphatic rings. The zero-order chi connectivity index (χ0) is 7.56. The molecule has 0 aromatic rings. The first-order valence-electron chi connectivity index (χ1n) is 3.52. The number of nitrogens with one attached hydrogen (secondary N) is 1. The summed E-state index contributed by atoms with van der Waals surface area (Å²) in [4.78, 5) is 2.14. The number of rotatable bonds is 2. The van der Waals surface area contributed by atoms with Crippen molar-refractivity contribution < 1.29 is 0 Å². The van der Waals surface area contributed by atoms with Crippen molar-refractivity contribution in [2.24, 2.45) is 0 Å². The summed E-state index contributed by atoms with van der Waals surface area (Å²) in [7, 11) is 4.14. The predicted molar refractivity (Wildman–Crippen MR) is 43.5 cm³/mol. The molecule has 1 N–H and O–H groups in total. The number of nitrogens with zero attached hydrogens (tertiary/aromatic N) is 1. The second kappa shape index (κ2) is 2.78. The molecule has 10 heavy (non-hydrogen) atoms. The van der Waals surface area contributed by atoms with Crippen molar-refractivity contribution in [3.8, 4) is 0 Å². The number of likely N-dealkylation sites (N-methyl/N-ethyl adjacent to an activating group) is 1. The van der Waals surface area contributed by atoms with Gasteiger partial charge in [0.15, 0.2) is 0 Å². The molecule has 0 saturated heterocycles. The van der Waals surface area contributed by atoms with Gasteiger partial charge in [-0.25, -0.2) is 0 Å². The van der Waals surface area contributed by atoms with Crippen molar-refractivity contribution >= 4 is 0 Å². The summed E-state index contributed by atoms with van der Waals surface area (Å²) >= 11 is 0. The molecular formula is C8H14N2. The quantitative estimate of drug-likeness (QED) is 0.611. The summed E-state index contributed by atoms with van der Waals surface area (Å²) in [6.45, 7) is 3.03. The molecule has 0 spiro atoms. The second-order valence-electron chi connectivity index (χ2n) is 2.61. The van der Waals surface area contributed by atoms with Crippen LogP contribution in [0.3, 0.4) is 0 Å². The van der Waals surface area contributed by atoms with Gasteiger partial charge in [0.2, 0.25) is 0 Å². The molecule has 1 heterocycles. The Balaban J connectivity index is 2.67. The summed E-state index contributed by atoms with van der Waals surface area (Å²) in [5, 5.41) is 3.23. The van der Waals surface area contributed by atoms with Crippen LogP contribution in [0, 0.1) is 0 Å². The maximum Gasteiger partial charge on any atom is 0.0571 e. The Bertz CT molecular complexity index is 178. The molecule has 0 aromatic carbocycles. The van der Waals surface area contributed by atoms with Crippen molar-refractivity contribution in [2.45, 2.75) is 6.92 Å². The van der Waals surface area contributed by atoms with Gasteiger partial charge in [0.05, 0.1) is 17.9 Å². The van der Waals surface area contributed by atoms with Crippen LogP contribution < -0.4 is 5.32 Å². The van der Waals surface area contributed by atoms with Gasteiger partial charge in [0.1, 0.15) is 0 Å². The van der Waals surface area contributed by atoms with E-state index in [1.807, 2.05) is 13.0 Å². The molecule has 0 atom stereocenters. The van der Waals surface area contributed by atoms with E-state index in [1.165, 1.54) is 11.4 Å². The fraction of sp³-hybridized carbons (Fsp3) is 0.500. The Kier molecular flexibility index (Phi) is 2.00. The molecule has 56 valence electrons. The minimum absolute atomic E-state index is 1.01. The largest absolute Gasteiger partial charge is 0.378 e. The van der Waals surface area contributed by atoms with E-state index in [9.17, 15) is 0 Å². The first-order valence-corrected chi connectivity index (χ1v) is 3.52. The smallest absolute Gasteiger partial charge is 0.0571 e. The highest BCUT2D eigenvalue weighted by Gasteiger charge is 2.14. The summed E-state index contributed by atoms with van der Waals surface area (Å²) < 4.78 is 0. The maximum absolute atomic E-state index is 3.23. The van der Waals surface area contributed by atoms with Gasteiger partial charge in [-0.15, -0.1) is 0 Å². The predicted octanol–water partition coefficient (Wildman–Crippen LogP) is 0.939. The highest BCUT2D eigenvalue weighted by atomic mass is 15.2. The lowest BCUT2D eigenvalue weighted by Crippen LogP contribution is -2.36. The van der Waals surface area contributed by atoms with Crippen LogP contribution in [-0.2, 0) is 0 Å². The van der Waals surface area contributed by atoms with Crippen LogP contribution in [0.2, 0.25) is 0 Å². The van der Waals surface area contributed by atoms with Gasteiger partial charge in [-0.1, -0.05) is 6.08 Å². The molecule has 0 unspecified atom stereocenters. The second-order valence-corrected chi connectivity index (χ2v) is 2.61. The Morgan fingerprint density at radius 2 is 2.20 bits per heavy atom. The summed E-state index contributed by atoms with van der Waals surface area (Å²) in [5.74, 6) is 0. The lowest BCUT2D eigenvalue weighted by Gasteiger charge is -2.29. The summed E-state index contributed by atoms with van der Waals surface area (Å²) in [6, 6.07) is 0. The van der Waals surface area contributed by atoms with E-state index in [-0.39, 0.29) is 0 Å². The van der Waals surface area contributed by atoms with Gasteiger partial charge < -0.3 is 10.2 Å². The minimum atomic E-state index is 1.01. The number of hydrogen-bond donors (Lipinski definition) is 1. The lowest BCUT2D eigenvalue weighted by molar-refractivity contribution is 0.451. The molecule has 2 heteroatoms. The molecule has 0 amide bonds. The topological polar surface area (TPSA) is 15.3 Å². The first-order chi connectivity index (χ1) is 4.75. The normalized spacial score (nSPS) is 17.1. The van der Waals surface area contributed by atoms with Crippen molar-refractivity contribution in [2.75, 3.05) is 20.6 Å². The zero-order valence-electron chi connectivity index (χ0n) is 6.81. The van der Waals surface area contributed by atoms with E-state index in [1.54, 1.807) is 0 Å². The third-order valence-electron chi connectivity index (χ3n) is 1.63. The lowest BCUT2D eigenvalue weighted by atomic mass is 10.2. The van der Waals surface area contributed by atoms with E-state index in [0.717, 1.165) is 6.54 Å². The van der Waals surface area contributed by atoms with Crippen LogP contribution in [0.25, 0.3) is 0 Å². The highest BCUT2D eigenvalue weighted by molar-refractivity contribution is 5.31. The van der Waals surface area contributed by atoms with E-state index < -0.39 is 0 Å². The van der Waals surface area contributed by atoms with Crippen LogP contribution in [0.1, 0.15) is 6.92 Å². The fourth-order valence-electron chi connectivity index (χ4n) is 0.990. The first kappa shape index (κ1) is 7.19. The average molecular weight is 138 g/mol. The molecule has 1 rings (SSSR count). The summed E-state index contributed by atoms with van der Waals surface area (Å²) in [6.07, 6.45) is 4.14. The molecule has 0 radical (unpaired) electrons. The number of allylic oxidation sites excluding steroid dienone is 2. The Labute approximate surface area is 62.2 Å². The van der Waals surface area contributed by atoms with Crippen LogP contribution in [-0.4, -0.2) is 25.5 Å². The molecule has 0 fully saturated rings. The SMILES string of the molecule is C/C=C\C1=C(N(C)C)CN1. The van der Waals surface area contributed by atoms with Crippen molar-refractivity contribution in [3.63, 3.8) is 0 Å². The van der Waals surface area contributed by atoms with Gasteiger partial charge in [0.25, 0.3) is 0 Å². The van der Waals surface area contributed by atoms with Crippen molar-refractivity contribution in [3.05, 3.63) is 23.5 Å². The van der Waals surface area contributed by atoms with Crippen LogP contribution >= 0.6 is 0 Å². The Morgan fingerprint density at radius 3 is 2.50 bits per heavy atom. The van der Waals surface area contributed by atoms with Crippen LogP contribution in [0.15, 0.2) is 23.5 Å². The molecule has 0 aromatic heterocycles. The monoisotopic (exact) mass is 138 g/mol. The number of hydrogen-bond acceptors (Lipinski definition) is 2. The van der Waals surface area contributed by atoms with Crippen molar-refractivity contribution in [1.82, 2.24) is 10.2 Å².